The van der Waals surface area contributed by atoms with Crippen molar-refractivity contribution in [3.05, 3.63) is 62.1 Å². The first-order valence-electron chi connectivity index (χ1n) is 7.59. The molecule has 0 aliphatic heterocycles. The van der Waals surface area contributed by atoms with Crippen molar-refractivity contribution in [1.29, 1.82) is 0 Å². The largest absolute Gasteiger partial charge is 0.396 e. The molecule has 0 atom stereocenters. The van der Waals surface area contributed by atoms with E-state index in [0.717, 1.165) is 32.6 Å². The number of halogens is 4. The van der Waals surface area contributed by atoms with Crippen molar-refractivity contribution in [2.45, 2.75) is 6.42 Å². The molecule has 0 amide bonds. The normalized spacial score (nSPS) is 11.7. The van der Waals surface area contributed by atoms with E-state index in [9.17, 15) is 5.11 Å². The molecular formula is C19H11Cl4NO. The van der Waals surface area contributed by atoms with Crippen LogP contribution in [0.15, 0.2) is 36.4 Å². The Labute approximate surface area is 163 Å². The number of aromatic nitrogens is 1. The molecule has 0 radical (unpaired) electrons. The fraction of sp³-hybridized carbons (Fsp3) is 0.105. The van der Waals surface area contributed by atoms with E-state index in [1.165, 1.54) is 0 Å². The van der Waals surface area contributed by atoms with Gasteiger partial charge in [0.15, 0.2) is 0 Å². The maximum Gasteiger partial charge on any atom is 0.0899 e. The van der Waals surface area contributed by atoms with E-state index in [0.29, 0.717) is 32.0 Å². The number of rotatable bonds is 2. The van der Waals surface area contributed by atoms with Gasteiger partial charge in [0.05, 0.1) is 26.1 Å². The molecule has 1 aromatic heterocycles. The predicted molar refractivity (Wildman–Crippen MR) is 108 cm³/mol. The number of hydrogen-bond acceptors (Lipinski definition) is 2. The molecule has 6 heteroatoms. The lowest BCUT2D eigenvalue weighted by Gasteiger charge is -2.13. The van der Waals surface area contributed by atoms with E-state index in [1.807, 2.05) is 30.3 Å². The molecular weight excluding hydrogens is 400 g/mol. The smallest absolute Gasteiger partial charge is 0.0899 e. The summed E-state index contributed by atoms with van der Waals surface area (Å²) in [6, 6.07) is 11.1. The number of benzene rings is 3. The molecule has 3 aromatic carbocycles. The average Bonchev–Trinajstić information content (AvgIpc) is 2.56. The van der Waals surface area contributed by atoms with Gasteiger partial charge in [0.2, 0.25) is 0 Å². The highest BCUT2D eigenvalue weighted by molar-refractivity contribution is 6.43. The molecule has 1 N–H and O–H groups in total. The van der Waals surface area contributed by atoms with Gasteiger partial charge in [-0.1, -0.05) is 58.5 Å². The number of aliphatic hydroxyl groups excluding tert-OH is 1. The summed E-state index contributed by atoms with van der Waals surface area (Å²) >= 11 is 24.9. The van der Waals surface area contributed by atoms with Crippen molar-refractivity contribution in [3.8, 4) is 0 Å². The number of aliphatic hydroxyl groups is 1. The molecule has 126 valence electrons. The third-order valence-corrected chi connectivity index (χ3v) is 5.52. The first-order chi connectivity index (χ1) is 12.0. The minimum absolute atomic E-state index is 0.0117. The zero-order chi connectivity index (χ0) is 17.7. The Morgan fingerprint density at radius 1 is 0.760 bits per heavy atom. The zero-order valence-electron chi connectivity index (χ0n) is 12.8. The van der Waals surface area contributed by atoms with Crippen molar-refractivity contribution in [3.63, 3.8) is 0 Å². The molecule has 1 heterocycles. The van der Waals surface area contributed by atoms with Crippen LogP contribution in [0.25, 0.3) is 32.6 Å². The molecule has 0 unspecified atom stereocenters. The van der Waals surface area contributed by atoms with Gasteiger partial charge in [-0.15, -0.1) is 0 Å². The Kier molecular flexibility index (Phi) is 4.43. The Balaban J connectivity index is 2.25. The molecule has 0 saturated heterocycles. The zero-order valence-corrected chi connectivity index (χ0v) is 15.8. The van der Waals surface area contributed by atoms with Crippen LogP contribution in [0.2, 0.25) is 20.1 Å². The standard InChI is InChI=1S/C19H11Cl4NO/c20-10-6-14-11(3-4-25)12-2-1-9-5-15(21)16(22)8-13(9)18(12)24-19(14)17(23)7-10/h1-2,5-8,25H,3-4H2. The minimum atomic E-state index is 0.0117. The lowest BCUT2D eigenvalue weighted by molar-refractivity contribution is 0.300. The molecule has 0 spiro atoms. The molecule has 0 saturated carbocycles. The first-order valence-corrected chi connectivity index (χ1v) is 9.10. The van der Waals surface area contributed by atoms with Crippen LogP contribution in [0.1, 0.15) is 5.56 Å². The Morgan fingerprint density at radius 3 is 2.28 bits per heavy atom. The van der Waals surface area contributed by atoms with Crippen LogP contribution in [-0.4, -0.2) is 16.7 Å². The molecule has 4 aromatic rings. The Hall–Kier alpha value is -1.29. The molecule has 0 aliphatic rings. The van der Waals surface area contributed by atoms with E-state index < -0.39 is 0 Å². The summed E-state index contributed by atoms with van der Waals surface area (Å²) in [7, 11) is 0. The summed E-state index contributed by atoms with van der Waals surface area (Å²) in [5, 5.41) is 15.1. The number of hydrogen-bond donors (Lipinski definition) is 1. The van der Waals surface area contributed by atoms with Crippen LogP contribution in [0.3, 0.4) is 0 Å². The molecule has 0 fully saturated rings. The molecule has 0 bridgehead atoms. The number of pyridine rings is 1. The second-order valence-corrected chi connectivity index (χ2v) is 7.45. The molecule has 0 aliphatic carbocycles. The summed E-state index contributed by atoms with van der Waals surface area (Å²) in [6.07, 6.45) is 0.471. The lowest BCUT2D eigenvalue weighted by atomic mass is 9.97. The van der Waals surface area contributed by atoms with Gasteiger partial charge in [-0.2, -0.15) is 0 Å². The first kappa shape index (κ1) is 17.1. The predicted octanol–water partition coefficient (Wildman–Crippen LogP) is 6.69. The highest BCUT2D eigenvalue weighted by atomic mass is 35.5. The summed E-state index contributed by atoms with van der Waals surface area (Å²) in [6.45, 7) is 0.0117. The number of fused-ring (bicyclic) bond motifs is 4. The highest BCUT2D eigenvalue weighted by Gasteiger charge is 2.15. The maximum atomic E-state index is 9.55. The van der Waals surface area contributed by atoms with Crippen molar-refractivity contribution >= 4 is 79.0 Å². The van der Waals surface area contributed by atoms with E-state index in [2.05, 4.69) is 0 Å². The lowest BCUT2D eigenvalue weighted by Crippen LogP contribution is -1.97. The Bertz CT molecular complexity index is 1160. The quantitative estimate of drug-likeness (QED) is 0.295. The minimum Gasteiger partial charge on any atom is -0.396 e. The fourth-order valence-electron chi connectivity index (χ4n) is 3.21. The summed E-state index contributed by atoms with van der Waals surface area (Å²) in [5.74, 6) is 0. The van der Waals surface area contributed by atoms with Crippen molar-refractivity contribution < 1.29 is 5.11 Å². The van der Waals surface area contributed by atoms with Gasteiger partial charge in [-0.05, 0) is 41.6 Å². The van der Waals surface area contributed by atoms with E-state index in [-0.39, 0.29) is 6.61 Å². The van der Waals surface area contributed by atoms with Gasteiger partial charge in [0.1, 0.15) is 0 Å². The van der Waals surface area contributed by atoms with Gasteiger partial charge in [-0.3, -0.25) is 0 Å². The van der Waals surface area contributed by atoms with Crippen LogP contribution in [0.5, 0.6) is 0 Å². The average molecular weight is 411 g/mol. The number of nitrogens with zero attached hydrogens (tertiary/aromatic N) is 1. The SMILES string of the molecule is OCCc1c2cc(Cl)cc(Cl)c2nc2c1ccc1cc(Cl)c(Cl)cc12. The third kappa shape index (κ3) is 2.83. The van der Waals surface area contributed by atoms with Gasteiger partial charge < -0.3 is 5.11 Å². The van der Waals surface area contributed by atoms with Gasteiger partial charge in [0, 0.05) is 27.8 Å². The van der Waals surface area contributed by atoms with Crippen molar-refractivity contribution in [2.75, 3.05) is 6.61 Å². The van der Waals surface area contributed by atoms with Gasteiger partial charge in [-0.25, -0.2) is 4.98 Å². The molecule has 4 rings (SSSR count). The molecule has 2 nitrogen and oxygen atoms in total. The maximum absolute atomic E-state index is 9.55. The second-order valence-electron chi connectivity index (χ2n) is 5.80. The van der Waals surface area contributed by atoms with E-state index in [4.69, 9.17) is 51.4 Å². The van der Waals surface area contributed by atoms with Crippen LogP contribution >= 0.6 is 46.4 Å². The van der Waals surface area contributed by atoms with Crippen LogP contribution in [0.4, 0.5) is 0 Å². The van der Waals surface area contributed by atoms with Crippen LogP contribution in [-0.2, 0) is 6.42 Å². The summed E-state index contributed by atoms with van der Waals surface area (Å²) < 4.78 is 0. The van der Waals surface area contributed by atoms with Gasteiger partial charge in [0.25, 0.3) is 0 Å². The fourth-order valence-corrected chi connectivity index (χ4v) is 4.09. The monoisotopic (exact) mass is 409 g/mol. The van der Waals surface area contributed by atoms with Gasteiger partial charge >= 0.3 is 0 Å². The van der Waals surface area contributed by atoms with Crippen LogP contribution < -0.4 is 0 Å². The topological polar surface area (TPSA) is 33.1 Å². The second kappa shape index (κ2) is 6.46. The highest BCUT2D eigenvalue weighted by Crippen LogP contribution is 2.37. The molecule has 25 heavy (non-hydrogen) atoms. The van der Waals surface area contributed by atoms with E-state index in [1.54, 1.807) is 6.07 Å². The summed E-state index contributed by atoms with van der Waals surface area (Å²) in [5.41, 5.74) is 2.39. The third-order valence-electron chi connectivity index (χ3n) is 4.30. The van der Waals surface area contributed by atoms with Crippen molar-refractivity contribution in [2.24, 2.45) is 0 Å². The summed E-state index contributed by atoms with van der Waals surface area (Å²) in [4.78, 5) is 4.79. The van der Waals surface area contributed by atoms with Crippen LogP contribution in [0, 0.1) is 0 Å². The van der Waals surface area contributed by atoms with Crippen molar-refractivity contribution in [1.82, 2.24) is 4.98 Å². The van der Waals surface area contributed by atoms with E-state index >= 15 is 0 Å². The Morgan fingerprint density at radius 2 is 1.52 bits per heavy atom.